The molecule has 10 nitrogen and oxygen atoms in total. The average molecular weight is 327 g/mol. The van der Waals surface area contributed by atoms with Crippen LogP contribution in [0.2, 0.25) is 0 Å². The first-order valence-electron chi connectivity index (χ1n) is 6.61. The minimum absolute atomic E-state index is 0.0659. The standard InChI is InChI=1S/C14H9N5O5/c15-5-7-9(6-3-1-2-4-8(6)19(22)23)10-11(24-12(7)16)13(20)18-14(21)17-10/h1-4,9H,16H2,(H2,17,18,20,21). The Morgan fingerprint density at radius 2 is 2.00 bits per heavy atom. The molecule has 0 fully saturated rings. The molecule has 3 rings (SSSR count). The summed E-state index contributed by atoms with van der Waals surface area (Å²) in [6.07, 6.45) is 0. The van der Waals surface area contributed by atoms with Crippen LogP contribution in [0.4, 0.5) is 5.69 Å². The Hall–Kier alpha value is -3.87. The van der Waals surface area contributed by atoms with Gasteiger partial charge < -0.3 is 15.5 Å². The third kappa shape index (κ3) is 2.20. The number of hydrogen-bond acceptors (Lipinski definition) is 7. The van der Waals surface area contributed by atoms with Crippen molar-refractivity contribution in [3.63, 3.8) is 0 Å². The van der Waals surface area contributed by atoms with Crippen molar-refractivity contribution < 1.29 is 9.66 Å². The molecular weight excluding hydrogens is 318 g/mol. The third-order valence-corrected chi connectivity index (χ3v) is 3.55. The van der Waals surface area contributed by atoms with Gasteiger partial charge in [0.05, 0.1) is 16.5 Å². The van der Waals surface area contributed by atoms with Gasteiger partial charge in [-0.25, -0.2) is 4.79 Å². The molecule has 10 heteroatoms. The SMILES string of the molecule is N#CC1=C(N)Oc2c([nH]c(=O)[nH]c2=O)C1c1ccccc1[N+](=O)[O-]. The topological polar surface area (TPSA) is 168 Å². The molecule has 0 saturated heterocycles. The number of aromatic nitrogens is 2. The Labute approximate surface area is 133 Å². The molecule has 4 N–H and O–H groups in total. The van der Waals surface area contributed by atoms with E-state index in [2.05, 4.69) is 4.98 Å². The second kappa shape index (κ2) is 5.40. The Kier molecular flexibility index (Phi) is 3.38. The molecule has 2 aromatic rings. The van der Waals surface area contributed by atoms with E-state index in [0.717, 1.165) is 0 Å². The summed E-state index contributed by atoms with van der Waals surface area (Å²) in [5.41, 5.74) is 3.62. The minimum atomic E-state index is -1.10. The van der Waals surface area contributed by atoms with E-state index >= 15 is 0 Å². The zero-order valence-electron chi connectivity index (χ0n) is 11.9. The number of nitro benzene ring substituents is 1. The van der Waals surface area contributed by atoms with Gasteiger partial charge in [-0.3, -0.25) is 19.9 Å². The number of ether oxygens (including phenoxy) is 1. The molecule has 1 aliphatic rings. The predicted molar refractivity (Wildman–Crippen MR) is 80.1 cm³/mol. The number of para-hydroxylation sites is 1. The van der Waals surface area contributed by atoms with Crippen LogP contribution >= 0.6 is 0 Å². The van der Waals surface area contributed by atoms with Crippen LogP contribution in [0.5, 0.6) is 5.75 Å². The lowest BCUT2D eigenvalue weighted by Gasteiger charge is -2.24. The van der Waals surface area contributed by atoms with Crippen molar-refractivity contribution in [3.8, 4) is 11.8 Å². The number of hydrogen-bond donors (Lipinski definition) is 3. The monoisotopic (exact) mass is 327 g/mol. The fraction of sp³-hybridized carbons (Fsp3) is 0.0714. The molecule has 0 saturated carbocycles. The van der Waals surface area contributed by atoms with Gasteiger partial charge >= 0.3 is 5.69 Å². The van der Waals surface area contributed by atoms with E-state index in [0.29, 0.717) is 0 Å². The van der Waals surface area contributed by atoms with E-state index in [1.165, 1.54) is 24.3 Å². The van der Waals surface area contributed by atoms with Gasteiger partial charge in [0.1, 0.15) is 11.6 Å². The number of allylic oxidation sites excluding steroid dienone is 1. The zero-order valence-corrected chi connectivity index (χ0v) is 11.9. The van der Waals surface area contributed by atoms with Crippen molar-refractivity contribution in [2.45, 2.75) is 5.92 Å². The van der Waals surface area contributed by atoms with Crippen LogP contribution in [-0.4, -0.2) is 14.9 Å². The third-order valence-electron chi connectivity index (χ3n) is 3.55. The number of fused-ring (bicyclic) bond motifs is 1. The second-order valence-corrected chi connectivity index (χ2v) is 4.89. The van der Waals surface area contributed by atoms with Crippen LogP contribution in [0.25, 0.3) is 0 Å². The summed E-state index contributed by atoms with van der Waals surface area (Å²) in [6, 6.07) is 7.49. The lowest BCUT2D eigenvalue weighted by atomic mass is 9.86. The molecule has 1 aromatic heterocycles. The summed E-state index contributed by atoms with van der Waals surface area (Å²) in [5, 5.41) is 20.7. The molecular formula is C14H9N5O5. The molecule has 24 heavy (non-hydrogen) atoms. The largest absolute Gasteiger partial charge is 0.433 e. The molecule has 0 radical (unpaired) electrons. The highest BCUT2D eigenvalue weighted by Gasteiger charge is 2.36. The van der Waals surface area contributed by atoms with E-state index in [4.69, 9.17) is 10.5 Å². The molecule has 0 aliphatic carbocycles. The van der Waals surface area contributed by atoms with Crippen LogP contribution in [-0.2, 0) is 0 Å². The number of nitrogens with two attached hydrogens (primary N) is 1. The lowest BCUT2D eigenvalue weighted by Crippen LogP contribution is -2.32. The summed E-state index contributed by atoms with van der Waals surface area (Å²) in [5.74, 6) is -1.77. The first-order chi connectivity index (χ1) is 11.4. The average Bonchev–Trinajstić information content (AvgIpc) is 2.54. The summed E-state index contributed by atoms with van der Waals surface area (Å²) in [6.45, 7) is 0. The first kappa shape index (κ1) is 15.0. The summed E-state index contributed by atoms with van der Waals surface area (Å²) < 4.78 is 5.12. The predicted octanol–water partition coefficient (Wildman–Crippen LogP) is 0.190. The van der Waals surface area contributed by atoms with Crippen LogP contribution in [0.1, 0.15) is 17.2 Å². The highest BCUT2D eigenvalue weighted by molar-refractivity contribution is 5.57. The number of benzene rings is 1. The van der Waals surface area contributed by atoms with Crippen molar-refractivity contribution in [1.29, 1.82) is 5.26 Å². The number of aromatic amines is 2. The maximum atomic E-state index is 11.9. The zero-order chi connectivity index (χ0) is 17.4. The number of nitrogens with zero attached hydrogens (tertiary/aromatic N) is 2. The summed E-state index contributed by atoms with van der Waals surface area (Å²) >= 11 is 0. The summed E-state index contributed by atoms with van der Waals surface area (Å²) in [7, 11) is 0. The highest BCUT2D eigenvalue weighted by Crippen LogP contribution is 2.41. The van der Waals surface area contributed by atoms with Gasteiger partial charge in [0.25, 0.3) is 11.2 Å². The van der Waals surface area contributed by atoms with Crippen molar-refractivity contribution in [2.24, 2.45) is 5.73 Å². The van der Waals surface area contributed by atoms with Gasteiger partial charge in [-0.15, -0.1) is 0 Å². The van der Waals surface area contributed by atoms with Gasteiger partial charge in [-0.2, -0.15) is 5.26 Å². The molecule has 0 spiro atoms. The van der Waals surface area contributed by atoms with Crippen LogP contribution in [0, 0.1) is 21.4 Å². The van der Waals surface area contributed by atoms with Gasteiger partial charge in [-0.05, 0) is 0 Å². The fourth-order valence-corrected chi connectivity index (χ4v) is 2.58. The number of nitro groups is 1. The van der Waals surface area contributed by atoms with E-state index < -0.39 is 22.1 Å². The quantitative estimate of drug-likeness (QED) is 0.522. The number of nitriles is 1. The molecule has 1 unspecified atom stereocenters. The van der Waals surface area contributed by atoms with Crippen LogP contribution in [0.15, 0.2) is 45.3 Å². The maximum Gasteiger partial charge on any atom is 0.326 e. The highest BCUT2D eigenvalue weighted by atomic mass is 16.6. The van der Waals surface area contributed by atoms with E-state index in [9.17, 15) is 25.0 Å². The Balaban J connectivity index is 2.39. The van der Waals surface area contributed by atoms with E-state index in [-0.39, 0.29) is 34.2 Å². The summed E-state index contributed by atoms with van der Waals surface area (Å²) in [4.78, 5) is 38.5. The molecule has 0 bridgehead atoms. The number of rotatable bonds is 2. The fourth-order valence-electron chi connectivity index (χ4n) is 2.58. The van der Waals surface area contributed by atoms with Gasteiger partial charge in [0.2, 0.25) is 11.6 Å². The smallest absolute Gasteiger partial charge is 0.326 e. The first-order valence-corrected chi connectivity index (χ1v) is 6.61. The van der Waals surface area contributed by atoms with Crippen molar-refractivity contribution in [1.82, 2.24) is 9.97 Å². The van der Waals surface area contributed by atoms with Crippen molar-refractivity contribution in [2.75, 3.05) is 0 Å². The molecule has 1 aromatic carbocycles. The Bertz CT molecular complexity index is 1040. The Morgan fingerprint density at radius 1 is 1.29 bits per heavy atom. The molecule has 1 atom stereocenters. The van der Waals surface area contributed by atoms with Gasteiger partial charge in [0.15, 0.2) is 0 Å². The number of nitrogens with one attached hydrogen (secondary N) is 2. The molecule has 0 amide bonds. The molecule has 120 valence electrons. The van der Waals surface area contributed by atoms with E-state index in [1.54, 1.807) is 0 Å². The normalized spacial score (nSPS) is 16.0. The molecule has 1 aliphatic heterocycles. The van der Waals surface area contributed by atoms with Gasteiger partial charge in [-0.1, -0.05) is 18.2 Å². The second-order valence-electron chi connectivity index (χ2n) is 4.89. The maximum absolute atomic E-state index is 11.9. The lowest BCUT2D eigenvalue weighted by molar-refractivity contribution is -0.385. The van der Waals surface area contributed by atoms with Crippen molar-refractivity contribution in [3.05, 3.63) is 77.9 Å². The Morgan fingerprint density at radius 3 is 2.67 bits per heavy atom. The van der Waals surface area contributed by atoms with Gasteiger partial charge in [0, 0.05) is 11.6 Å². The van der Waals surface area contributed by atoms with E-state index in [1.807, 2.05) is 11.1 Å². The van der Waals surface area contributed by atoms with Crippen LogP contribution in [0.3, 0.4) is 0 Å². The number of H-pyrrole nitrogens is 2. The minimum Gasteiger partial charge on any atom is -0.433 e. The molecule has 2 heterocycles. The van der Waals surface area contributed by atoms with Crippen molar-refractivity contribution >= 4 is 5.69 Å². The van der Waals surface area contributed by atoms with Crippen LogP contribution < -0.4 is 21.7 Å².